The van der Waals surface area contributed by atoms with Crippen molar-refractivity contribution in [3.63, 3.8) is 0 Å². The van der Waals surface area contributed by atoms with Crippen LogP contribution in [0.2, 0.25) is 0 Å². The Morgan fingerprint density at radius 1 is 1.35 bits per heavy atom. The number of hydrogen-bond donors (Lipinski definition) is 3. The maximum absolute atomic E-state index is 11.3. The Hall–Kier alpha value is -1.34. The minimum atomic E-state index is -0.161. The fraction of sp³-hybridized carbons (Fsp3) is 0.875. The summed E-state index contributed by atoms with van der Waals surface area (Å²) in [7, 11) is 1.78. The van der Waals surface area contributed by atoms with Crippen LogP contribution in [-0.4, -0.2) is 69.2 Å². The van der Waals surface area contributed by atoms with Gasteiger partial charge in [-0.2, -0.15) is 0 Å². The first-order valence-corrected chi connectivity index (χ1v) is 8.77. The fourth-order valence-electron chi connectivity index (χ4n) is 3.24. The van der Waals surface area contributed by atoms with E-state index < -0.39 is 0 Å². The molecule has 132 valence electrons. The van der Waals surface area contributed by atoms with E-state index in [-0.39, 0.29) is 11.8 Å². The SMILES string of the molecule is CN=C(NCCCN1CCCC(C(N)=O)C1)NCC1CCCO1. The molecule has 4 N–H and O–H groups in total. The van der Waals surface area contributed by atoms with Crippen LogP contribution in [-0.2, 0) is 9.53 Å². The second-order valence-electron chi connectivity index (χ2n) is 6.41. The average Bonchev–Trinajstić information content (AvgIpc) is 3.08. The molecule has 0 aromatic rings. The molecule has 0 saturated carbocycles. The molecule has 1 amide bonds. The fourth-order valence-corrected chi connectivity index (χ4v) is 3.24. The van der Waals surface area contributed by atoms with Gasteiger partial charge in [0.1, 0.15) is 0 Å². The molecule has 0 bridgehead atoms. The summed E-state index contributed by atoms with van der Waals surface area (Å²) >= 11 is 0. The van der Waals surface area contributed by atoms with Crippen LogP contribution < -0.4 is 16.4 Å². The van der Waals surface area contributed by atoms with Crippen molar-refractivity contribution in [3.8, 4) is 0 Å². The molecular weight excluding hydrogens is 294 g/mol. The van der Waals surface area contributed by atoms with Crippen molar-refractivity contribution in [2.24, 2.45) is 16.6 Å². The van der Waals surface area contributed by atoms with Gasteiger partial charge in [0.2, 0.25) is 5.91 Å². The molecule has 2 fully saturated rings. The highest BCUT2D eigenvalue weighted by Crippen LogP contribution is 2.15. The zero-order valence-electron chi connectivity index (χ0n) is 14.2. The molecule has 23 heavy (non-hydrogen) atoms. The third-order valence-electron chi connectivity index (χ3n) is 4.60. The Morgan fingerprint density at radius 3 is 2.91 bits per heavy atom. The van der Waals surface area contributed by atoms with Crippen molar-refractivity contribution in [2.75, 3.05) is 46.4 Å². The lowest BCUT2D eigenvalue weighted by atomic mass is 9.97. The smallest absolute Gasteiger partial charge is 0.221 e. The summed E-state index contributed by atoms with van der Waals surface area (Å²) in [5, 5.41) is 6.64. The monoisotopic (exact) mass is 325 g/mol. The van der Waals surface area contributed by atoms with Crippen molar-refractivity contribution in [3.05, 3.63) is 0 Å². The Morgan fingerprint density at radius 2 is 2.22 bits per heavy atom. The predicted octanol–water partition coefficient (Wildman–Crippen LogP) is -0.0822. The highest BCUT2D eigenvalue weighted by Gasteiger charge is 2.23. The number of guanidine groups is 1. The Kier molecular flexibility index (Phi) is 7.61. The Balaban J connectivity index is 1.57. The maximum Gasteiger partial charge on any atom is 0.221 e. The standard InChI is InChI=1S/C16H31N5O2/c1-18-16(20-11-14-6-3-10-23-14)19-7-4-9-21-8-2-5-13(12-21)15(17)22/h13-14H,2-12H2,1H3,(H2,17,22)(H2,18,19,20). The number of ether oxygens (including phenoxy) is 1. The molecule has 2 unspecified atom stereocenters. The number of nitrogens with one attached hydrogen (secondary N) is 2. The molecule has 2 aliphatic heterocycles. The first-order valence-electron chi connectivity index (χ1n) is 8.77. The van der Waals surface area contributed by atoms with Gasteiger partial charge >= 0.3 is 0 Å². The van der Waals surface area contributed by atoms with Crippen LogP contribution in [0.1, 0.15) is 32.1 Å². The number of primary amides is 1. The quantitative estimate of drug-likeness (QED) is 0.346. The number of amides is 1. The molecule has 0 radical (unpaired) electrons. The molecule has 0 aromatic carbocycles. The third kappa shape index (κ3) is 6.35. The van der Waals surface area contributed by atoms with Gasteiger partial charge in [0.05, 0.1) is 12.0 Å². The highest BCUT2D eigenvalue weighted by atomic mass is 16.5. The van der Waals surface area contributed by atoms with Crippen LogP contribution in [0.5, 0.6) is 0 Å². The van der Waals surface area contributed by atoms with E-state index in [9.17, 15) is 4.79 Å². The van der Waals surface area contributed by atoms with Gasteiger partial charge in [-0.3, -0.25) is 9.79 Å². The zero-order chi connectivity index (χ0) is 16.5. The van der Waals surface area contributed by atoms with Gasteiger partial charge in [0.25, 0.3) is 0 Å². The van der Waals surface area contributed by atoms with E-state index in [2.05, 4.69) is 20.5 Å². The predicted molar refractivity (Wildman–Crippen MR) is 91.3 cm³/mol. The Labute approximate surface area is 139 Å². The van der Waals surface area contributed by atoms with Crippen molar-refractivity contribution < 1.29 is 9.53 Å². The average molecular weight is 325 g/mol. The summed E-state index contributed by atoms with van der Waals surface area (Å²) in [5.74, 6) is 0.693. The van der Waals surface area contributed by atoms with Gasteiger partial charge < -0.3 is 26.0 Å². The lowest BCUT2D eigenvalue weighted by Gasteiger charge is -2.31. The first kappa shape index (κ1) is 18.0. The van der Waals surface area contributed by atoms with E-state index in [4.69, 9.17) is 10.5 Å². The van der Waals surface area contributed by atoms with Crippen molar-refractivity contribution in [1.82, 2.24) is 15.5 Å². The summed E-state index contributed by atoms with van der Waals surface area (Å²) in [5.41, 5.74) is 5.41. The molecular formula is C16H31N5O2. The number of piperidine rings is 1. The molecule has 0 spiro atoms. The second-order valence-corrected chi connectivity index (χ2v) is 6.41. The van der Waals surface area contributed by atoms with Crippen LogP contribution in [0.25, 0.3) is 0 Å². The number of nitrogens with two attached hydrogens (primary N) is 1. The summed E-state index contributed by atoms with van der Waals surface area (Å²) < 4.78 is 5.59. The molecule has 7 nitrogen and oxygen atoms in total. The summed E-state index contributed by atoms with van der Waals surface area (Å²) in [6, 6.07) is 0. The van der Waals surface area contributed by atoms with Crippen LogP contribution >= 0.6 is 0 Å². The molecule has 2 rings (SSSR count). The van der Waals surface area contributed by atoms with Crippen molar-refractivity contribution in [1.29, 1.82) is 0 Å². The molecule has 7 heteroatoms. The lowest BCUT2D eigenvalue weighted by Crippen LogP contribution is -2.43. The van der Waals surface area contributed by atoms with Crippen LogP contribution in [0.15, 0.2) is 4.99 Å². The minimum Gasteiger partial charge on any atom is -0.376 e. The van der Waals surface area contributed by atoms with Gasteiger partial charge in [0.15, 0.2) is 5.96 Å². The Bertz CT molecular complexity index is 396. The van der Waals surface area contributed by atoms with Crippen LogP contribution in [0.3, 0.4) is 0 Å². The lowest BCUT2D eigenvalue weighted by molar-refractivity contribution is -0.123. The van der Waals surface area contributed by atoms with E-state index in [0.29, 0.717) is 6.10 Å². The van der Waals surface area contributed by atoms with E-state index >= 15 is 0 Å². The number of hydrogen-bond acceptors (Lipinski definition) is 4. The largest absolute Gasteiger partial charge is 0.376 e. The number of likely N-dealkylation sites (tertiary alicyclic amines) is 1. The number of carbonyl (C=O) groups excluding carboxylic acids is 1. The minimum absolute atomic E-state index is 0.0255. The summed E-state index contributed by atoms with van der Waals surface area (Å²) in [6.45, 7) is 5.41. The third-order valence-corrected chi connectivity index (χ3v) is 4.60. The van der Waals surface area contributed by atoms with E-state index in [1.807, 2.05) is 0 Å². The maximum atomic E-state index is 11.3. The van der Waals surface area contributed by atoms with Crippen molar-refractivity contribution in [2.45, 2.75) is 38.2 Å². The normalized spacial score (nSPS) is 26.2. The van der Waals surface area contributed by atoms with Gasteiger partial charge in [-0.05, 0) is 45.2 Å². The van der Waals surface area contributed by atoms with E-state index in [1.165, 1.54) is 0 Å². The van der Waals surface area contributed by atoms with Crippen LogP contribution in [0, 0.1) is 5.92 Å². The van der Waals surface area contributed by atoms with Gasteiger partial charge in [-0.1, -0.05) is 0 Å². The van der Waals surface area contributed by atoms with Gasteiger partial charge in [0, 0.05) is 33.3 Å². The first-order chi connectivity index (χ1) is 11.2. The highest BCUT2D eigenvalue weighted by molar-refractivity contribution is 5.79. The molecule has 2 heterocycles. The van der Waals surface area contributed by atoms with E-state index in [1.54, 1.807) is 7.05 Å². The topological polar surface area (TPSA) is 92.0 Å². The van der Waals surface area contributed by atoms with Crippen molar-refractivity contribution >= 4 is 11.9 Å². The van der Waals surface area contributed by atoms with E-state index in [0.717, 1.165) is 77.4 Å². The summed E-state index contributed by atoms with van der Waals surface area (Å²) in [4.78, 5) is 17.9. The molecule has 2 atom stereocenters. The number of rotatable bonds is 7. The zero-order valence-corrected chi connectivity index (χ0v) is 14.2. The number of aliphatic imine (C=N–C) groups is 1. The molecule has 0 aliphatic carbocycles. The molecule has 2 aliphatic rings. The molecule has 0 aromatic heterocycles. The molecule has 2 saturated heterocycles. The number of carbonyl (C=O) groups is 1. The van der Waals surface area contributed by atoms with Gasteiger partial charge in [-0.15, -0.1) is 0 Å². The second kappa shape index (κ2) is 9.72. The summed E-state index contributed by atoms with van der Waals surface area (Å²) in [6.07, 6.45) is 5.61. The van der Waals surface area contributed by atoms with Gasteiger partial charge in [-0.25, -0.2) is 0 Å². The number of nitrogens with zero attached hydrogens (tertiary/aromatic N) is 2. The van der Waals surface area contributed by atoms with Crippen LogP contribution in [0.4, 0.5) is 0 Å².